The SMILES string of the molecule is CC(C)(C)c1ccnc(-c2cc3c4ccsc4ccc3c3sc(Oc4[c-]c(N5C=CN(c6c(-c7ccccc7)cccc6-c6ccccc6)[CH-]5)ccc4)[c-]c23)c1.[Pt]. The number of aromatic nitrogens is 1. The summed E-state index contributed by atoms with van der Waals surface area (Å²) in [5.41, 5.74) is 9.86. The van der Waals surface area contributed by atoms with E-state index in [4.69, 9.17) is 9.72 Å². The Bertz CT molecular complexity index is 2870. The van der Waals surface area contributed by atoms with Gasteiger partial charge in [0.25, 0.3) is 0 Å². The molecule has 10 rings (SSSR count). The van der Waals surface area contributed by atoms with Crippen molar-refractivity contribution in [2.75, 3.05) is 9.80 Å². The van der Waals surface area contributed by atoms with Gasteiger partial charge < -0.3 is 14.5 Å². The summed E-state index contributed by atoms with van der Waals surface area (Å²) in [7, 11) is 0. The van der Waals surface area contributed by atoms with Crippen LogP contribution in [-0.2, 0) is 26.5 Å². The molecule has 0 saturated carbocycles. The van der Waals surface area contributed by atoms with E-state index in [0.29, 0.717) is 10.8 Å². The van der Waals surface area contributed by atoms with Gasteiger partial charge in [0.05, 0.1) is 0 Å². The first-order chi connectivity index (χ1) is 27.4. The van der Waals surface area contributed by atoms with Gasteiger partial charge in [-0.15, -0.1) is 54.0 Å². The molecule has 3 aromatic heterocycles. The summed E-state index contributed by atoms with van der Waals surface area (Å²) in [6.07, 6.45) is 6.10. The van der Waals surface area contributed by atoms with E-state index in [-0.39, 0.29) is 26.5 Å². The average Bonchev–Trinajstić information content (AvgIpc) is 4.02. The molecular formula is C50H36N3OPtS2-3. The molecule has 0 fully saturated rings. The Labute approximate surface area is 355 Å². The molecule has 0 saturated heterocycles. The minimum atomic E-state index is -0.00376. The molecule has 1 aliphatic rings. The van der Waals surface area contributed by atoms with E-state index in [0.717, 1.165) is 55.0 Å². The largest absolute Gasteiger partial charge is 0.500 e. The van der Waals surface area contributed by atoms with Gasteiger partial charge in [-0.25, -0.2) is 0 Å². The zero-order valence-electron chi connectivity index (χ0n) is 31.5. The van der Waals surface area contributed by atoms with Gasteiger partial charge in [0.15, 0.2) is 0 Å². The van der Waals surface area contributed by atoms with E-state index in [1.165, 1.54) is 26.4 Å². The molecule has 1 aliphatic heterocycles. The first-order valence-corrected chi connectivity index (χ1v) is 20.4. The van der Waals surface area contributed by atoms with Gasteiger partial charge in [-0.2, -0.15) is 22.8 Å². The Morgan fingerprint density at radius 1 is 0.667 bits per heavy atom. The minimum absolute atomic E-state index is 0. The molecule has 0 bridgehead atoms. The summed E-state index contributed by atoms with van der Waals surface area (Å²) in [5, 5.41) is 7.53. The van der Waals surface area contributed by atoms with Crippen molar-refractivity contribution in [3.8, 4) is 44.3 Å². The first-order valence-electron chi connectivity index (χ1n) is 18.7. The van der Waals surface area contributed by atoms with Crippen molar-refractivity contribution in [2.24, 2.45) is 0 Å². The van der Waals surface area contributed by atoms with Crippen molar-refractivity contribution in [2.45, 2.75) is 26.2 Å². The predicted octanol–water partition coefficient (Wildman–Crippen LogP) is 14.3. The molecule has 0 atom stereocenters. The first kappa shape index (κ1) is 37.1. The maximum Gasteiger partial charge on any atom is 0.107 e. The fourth-order valence-electron chi connectivity index (χ4n) is 7.54. The van der Waals surface area contributed by atoms with Crippen LogP contribution in [0.15, 0.2) is 157 Å². The number of ether oxygens (including phenoxy) is 1. The van der Waals surface area contributed by atoms with E-state index in [1.807, 2.05) is 18.3 Å². The van der Waals surface area contributed by atoms with Gasteiger partial charge in [0, 0.05) is 60.2 Å². The van der Waals surface area contributed by atoms with Crippen LogP contribution in [0.1, 0.15) is 26.3 Å². The van der Waals surface area contributed by atoms with Gasteiger partial charge in [0.1, 0.15) is 5.06 Å². The Balaban J connectivity index is 0.00000422. The fraction of sp³-hybridized carbons (Fsp3) is 0.0800. The van der Waals surface area contributed by atoms with Crippen molar-refractivity contribution in [1.82, 2.24) is 4.98 Å². The summed E-state index contributed by atoms with van der Waals surface area (Å²) in [6.45, 7) is 8.83. The quantitative estimate of drug-likeness (QED) is 0.149. The van der Waals surface area contributed by atoms with Gasteiger partial charge in [-0.1, -0.05) is 121 Å². The maximum atomic E-state index is 6.63. The van der Waals surface area contributed by atoms with Crippen molar-refractivity contribution in [1.29, 1.82) is 0 Å². The molecule has 4 heterocycles. The van der Waals surface area contributed by atoms with Crippen LogP contribution in [0.5, 0.6) is 10.8 Å². The summed E-state index contributed by atoms with van der Waals surface area (Å²) in [4.78, 5) is 9.18. The van der Waals surface area contributed by atoms with Crippen molar-refractivity contribution in [3.05, 3.63) is 182 Å². The Morgan fingerprint density at radius 3 is 2.12 bits per heavy atom. The van der Waals surface area contributed by atoms with Gasteiger partial charge in [-0.3, -0.25) is 4.98 Å². The van der Waals surface area contributed by atoms with E-state index in [1.54, 1.807) is 22.7 Å². The molecule has 0 N–H and O–H groups in total. The normalized spacial score (nSPS) is 12.8. The molecule has 0 aliphatic carbocycles. The van der Waals surface area contributed by atoms with Crippen LogP contribution in [0.3, 0.4) is 0 Å². The minimum Gasteiger partial charge on any atom is -0.500 e. The number of rotatable bonds is 7. The van der Waals surface area contributed by atoms with Crippen LogP contribution in [0, 0.1) is 18.8 Å². The summed E-state index contributed by atoms with van der Waals surface area (Å²) in [5.74, 6) is 0.624. The van der Waals surface area contributed by atoms with Crippen molar-refractivity contribution in [3.63, 3.8) is 0 Å². The van der Waals surface area contributed by atoms with Crippen LogP contribution >= 0.6 is 22.7 Å². The van der Waals surface area contributed by atoms with Crippen LogP contribution in [0.2, 0.25) is 0 Å². The predicted molar refractivity (Wildman–Crippen MR) is 237 cm³/mol. The average molecular weight is 954 g/mol. The summed E-state index contributed by atoms with van der Waals surface area (Å²) in [6, 6.07) is 54.2. The summed E-state index contributed by atoms with van der Waals surface area (Å²) >= 11 is 3.39. The molecule has 0 unspecified atom stereocenters. The molecule has 7 heteroatoms. The molecule has 0 radical (unpaired) electrons. The molecule has 282 valence electrons. The molecular weight excluding hydrogens is 918 g/mol. The number of benzene rings is 6. The third-order valence-electron chi connectivity index (χ3n) is 10.4. The number of hydrogen-bond acceptors (Lipinski definition) is 6. The Kier molecular flexibility index (Phi) is 9.82. The van der Waals surface area contributed by atoms with Crippen LogP contribution < -0.4 is 14.5 Å². The number of fused-ring (bicyclic) bond motifs is 5. The van der Waals surface area contributed by atoms with Crippen molar-refractivity contribution < 1.29 is 25.8 Å². The molecule has 4 nitrogen and oxygen atoms in total. The van der Waals surface area contributed by atoms with Crippen molar-refractivity contribution >= 4 is 65.0 Å². The molecule has 9 aromatic rings. The van der Waals surface area contributed by atoms with Gasteiger partial charge in [0.2, 0.25) is 0 Å². The number of hydrogen-bond donors (Lipinski definition) is 0. The second-order valence-electron chi connectivity index (χ2n) is 15.0. The number of thiophene rings is 2. The third-order valence-corrected chi connectivity index (χ3v) is 12.2. The summed E-state index contributed by atoms with van der Waals surface area (Å²) < 4.78 is 9.04. The Morgan fingerprint density at radius 2 is 1.39 bits per heavy atom. The van der Waals surface area contributed by atoms with E-state index < -0.39 is 0 Å². The van der Waals surface area contributed by atoms with Crippen LogP contribution in [-0.4, -0.2) is 4.98 Å². The monoisotopic (exact) mass is 953 g/mol. The number of anilines is 2. The fourth-order valence-corrected chi connectivity index (χ4v) is 9.36. The van der Waals surface area contributed by atoms with Gasteiger partial charge >= 0.3 is 0 Å². The van der Waals surface area contributed by atoms with Crippen LogP contribution in [0.4, 0.5) is 11.4 Å². The number of pyridine rings is 1. The zero-order valence-corrected chi connectivity index (χ0v) is 35.4. The Hall–Kier alpha value is -5.52. The number of nitrogens with zero attached hydrogens (tertiary/aromatic N) is 3. The third kappa shape index (κ3) is 6.97. The second kappa shape index (κ2) is 15.1. The molecule has 0 amide bonds. The van der Waals surface area contributed by atoms with Crippen LogP contribution in [0.25, 0.3) is 64.5 Å². The maximum absolute atomic E-state index is 6.63. The zero-order chi connectivity index (χ0) is 37.8. The van der Waals surface area contributed by atoms with E-state index in [2.05, 4.69) is 188 Å². The number of para-hydroxylation sites is 1. The molecule has 6 aromatic carbocycles. The van der Waals surface area contributed by atoms with Gasteiger partial charge in [-0.05, 0) is 74.9 Å². The standard InChI is InChI=1S/C50H36N3OS2.Pt/c1-50(2,3)35-22-24-51-45(28-35)43-30-42-40-23-27-55-46(40)21-20-41(42)49-44(43)31-47(56-49)54-37-17-10-16-36(29-37)52-25-26-53(32-52)48-38(33-12-6-4-7-13-33)18-11-19-39(48)34-14-8-5-9-15-34;/h4-28,30,32H,1-3H3;/q-3;. The topological polar surface area (TPSA) is 28.6 Å². The molecule has 0 spiro atoms. The van der Waals surface area contributed by atoms with E-state index in [9.17, 15) is 0 Å². The van der Waals surface area contributed by atoms with E-state index >= 15 is 0 Å². The molecule has 57 heavy (non-hydrogen) atoms. The smallest absolute Gasteiger partial charge is 0.107 e. The second-order valence-corrected chi connectivity index (χ2v) is 16.9.